The highest BCUT2D eigenvalue weighted by atomic mass is 16.5. The summed E-state index contributed by atoms with van der Waals surface area (Å²) in [4.78, 5) is 22.2. The zero-order valence-electron chi connectivity index (χ0n) is 10.00. The zero-order chi connectivity index (χ0) is 13.8. The molecule has 2 aromatic rings. The number of ether oxygens (including phenoxy) is 1. The van der Waals surface area contributed by atoms with Gasteiger partial charge in [-0.05, 0) is 35.0 Å². The monoisotopic (exact) mass is 260 g/mol. The van der Waals surface area contributed by atoms with E-state index in [9.17, 15) is 14.7 Å². The fourth-order valence-corrected chi connectivity index (χ4v) is 1.76. The number of esters is 1. The van der Waals surface area contributed by atoms with Gasteiger partial charge in [0.1, 0.15) is 12.4 Å². The van der Waals surface area contributed by atoms with Gasteiger partial charge in [0, 0.05) is 0 Å². The Balaban J connectivity index is 2.24. The summed E-state index contributed by atoms with van der Waals surface area (Å²) < 4.78 is 4.89. The highest BCUT2D eigenvalue weighted by molar-refractivity contribution is 6.04. The van der Waals surface area contributed by atoms with Crippen LogP contribution in [0.4, 0.5) is 0 Å². The number of fused-ring (bicyclic) bond motifs is 1. The third-order valence-electron chi connectivity index (χ3n) is 2.63. The second-order valence-electron chi connectivity index (χ2n) is 3.99. The van der Waals surface area contributed by atoms with E-state index in [4.69, 9.17) is 9.84 Å². The molecular weight excluding hydrogens is 248 g/mol. The molecule has 0 saturated carbocycles. The van der Waals surface area contributed by atoms with E-state index < -0.39 is 11.9 Å². The minimum absolute atomic E-state index is 0.115. The van der Waals surface area contributed by atoms with Crippen LogP contribution in [0.5, 0.6) is 5.75 Å². The number of aliphatic carboxylic acids is 1. The number of aromatic hydroxyl groups is 1. The first-order valence-electron chi connectivity index (χ1n) is 5.68. The van der Waals surface area contributed by atoms with E-state index in [1.54, 1.807) is 30.3 Å². The number of rotatable bonds is 4. The Morgan fingerprint density at radius 2 is 1.95 bits per heavy atom. The van der Waals surface area contributed by atoms with Crippen LogP contribution in [0.25, 0.3) is 10.8 Å². The molecule has 2 rings (SSSR count). The number of carboxylic acids is 1. The van der Waals surface area contributed by atoms with Gasteiger partial charge in [-0.2, -0.15) is 0 Å². The molecule has 0 radical (unpaired) electrons. The molecule has 19 heavy (non-hydrogen) atoms. The van der Waals surface area contributed by atoms with Gasteiger partial charge in [-0.3, -0.25) is 4.79 Å². The number of hydrogen-bond acceptors (Lipinski definition) is 4. The first kappa shape index (κ1) is 12.9. The maximum atomic E-state index is 11.8. The molecule has 2 N–H and O–H groups in total. The third kappa shape index (κ3) is 3.01. The van der Waals surface area contributed by atoms with Crippen LogP contribution in [-0.2, 0) is 9.53 Å². The van der Waals surface area contributed by atoms with E-state index in [1.165, 1.54) is 6.07 Å². The largest absolute Gasteiger partial charge is 0.508 e. The summed E-state index contributed by atoms with van der Waals surface area (Å²) in [6.45, 7) is -0.164. The highest BCUT2D eigenvalue weighted by Gasteiger charge is 2.12. The lowest BCUT2D eigenvalue weighted by atomic mass is 10.0. The van der Waals surface area contributed by atoms with Gasteiger partial charge in [0.2, 0.25) is 0 Å². The molecule has 0 bridgehead atoms. The van der Waals surface area contributed by atoms with Gasteiger partial charge in [-0.25, -0.2) is 4.79 Å². The van der Waals surface area contributed by atoms with Crippen molar-refractivity contribution in [2.24, 2.45) is 0 Å². The van der Waals surface area contributed by atoms with Crippen molar-refractivity contribution in [2.75, 3.05) is 6.61 Å². The number of carbonyl (C=O) groups excluding carboxylic acids is 1. The average Bonchev–Trinajstić information content (AvgIpc) is 2.37. The van der Waals surface area contributed by atoms with Gasteiger partial charge in [-0.15, -0.1) is 0 Å². The summed E-state index contributed by atoms with van der Waals surface area (Å²) in [6, 6.07) is 9.69. The number of carbonyl (C=O) groups is 2. The molecule has 0 saturated heterocycles. The standard InChI is InChI=1S/C14H12O5/c15-10-4-5-11-9(8-10)2-1-3-12(11)14(18)19-7-6-13(16)17/h1-5,8,15H,6-7H2,(H,16,17). The Bertz CT molecular complexity index is 633. The van der Waals surface area contributed by atoms with E-state index in [2.05, 4.69) is 0 Å². The summed E-state index contributed by atoms with van der Waals surface area (Å²) in [5.41, 5.74) is 0.350. The van der Waals surface area contributed by atoms with Crippen LogP contribution in [0.3, 0.4) is 0 Å². The van der Waals surface area contributed by atoms with E-state index in [1.807, 2.05) is 0 Å². The summed E-state index contributed by atoms with van der Waals surface area (Å²) in [5, 5.41) is 19.2. The molecule has 0 unspecified atom stereocenters. The Hall–Kier alpha value is -2.56. The molecule has 0 aliphatic heterocycles. The molecule has 0 aromatic heterocycles. The SMILES string of the molecule is O=C(O)CCOC(=O)c1cccc2cc(O)ccc12. The molecule has 0 aliphatic rings. The molecule has 0 atom stereocenters. The predicted molar refractivity (Wildman–Crippen MR) is 68.1 cm³/mol. The summed E-state index contributed by atoms with van der Waals surface area (Å²) in [7, 11) is 0. The Kier molecular flexibility index (Phi) is 3.66. The topological polar surface area (TPSA) is 83.8 Å². The van der Waals surface area contributed by atoms with Crippen molar-refractivity contribution in [3.8, 4) is 5.75 Å². The predicted octanol–water partition coefficient (Wildman–Crippen LogP) is 2.18. The van der Waals surface area contributed by atoms with Crippen LogP contribution in [0, 0.1) is 0 Å². The molecule has 5 nitrogen and oxygen atoms in total. The minimum atomic E-state index is -1.02. The van der Waals surface area contributed by atoms with E-state index in [-0.39, 0.29) is 18.8 Å². The van der Waals surface area contributed by atoms with Crippen LogP contribution in [0.2, 0.25) is 0 Å². The Morgan fingerprint density at radius 1 is 1.16 bits per heavy atom. The lowest BCUT2D eigenvalue weighted by molar-refractivity contribution is -0.137. The average molecular weight is 260 g/mol. The molecule has 0 aliphatic carbocycles. The second-order valence-corrected chi connectivity index (χ2v) is 3.99. The number of benzene rings is 2. The van der Waals surface area contributed by atoms with E-state index in [0.717, 1.165) is 0 Å². The first-order chi connectivity index (χ1) is 9.08. The maximum Gasteiger partial charge on any atom is 0.338 e. The highest BCUT2D eigenvalue weighted by Crippen LogP contribution is 2.23. The summed E-state index contributed by atoms with van der Waals surface area (Å²) >= 11 is 0. The number of phenols is 1. The van der Waals surface area contributed by atoms with Gasteiger partial charge in [-0.1, -0.05) is 12.1 Å². The Labute approximate surface area is 109 Å². The molecule has 0 spiro atoms. The number of carboxylic acid groups (broad SMARTS) is 1. The van der Waals surface area contributed by atoms with Crippen LogP contribution in [0.1, 0.15) is 16.8 Å². The van der Waals surface area contributed by atoms with Gasteiger partial charge in [0.05, 0.1) is 12.0 Å². The summed E-state index contributed by atoms with van der Waals surface area (Å²) in [6.07, 6.45) is -0.225. The summed E-state index contributed by atoms with van der Waals surface area (Å²) in [5.74, 6) is -1.47. The second kappa shape index (κ2) is 5.39. The fourth-order valence-electron chi connectivity index (χ4n) is 1.76. The van der Waals surface area contributed by atoms with Crippen molar-refractivity contribution < 1.29 is 24.5 Å². The van der Waals surface area contributed by atoms with Gasteiger partial charge < -0.3 is 14.9 Å². The van der Waals surface area contributed by atoms with Gasteiger partial charge >= 0.3 is 11.9 Å². The van der Waals surface area contributed by atoms with E-state index >= 15 is 0 Å². The zero-order valence-corrected chi connectivity index (χ0v) is 10.00. The van der Waals surface area contributed by atoms with Gasteiger partial charge in [0.15, 0.2) is 0 Å². The van der Waals surface area contributed by atoms with Crippen molar-refractivity contribution in [1.29, 1.82) is 0 Å². The maximum absolute atomic E-state index is 11.8. The lowest BCUT2D eigenvalue weighted by Gasteiger charge is -2.07. The molecule has 0 amide bonds. The van der Waals surface area contributed by atoms with Crippen LogP contribution >= 0.6 is 0 Å². The van der Waals surface area contributed by atoms with Crippen molar-refractivity contribution in [3.63, 3.8) is 0 Å². The lowest BCUT2D eigenvalue weighted by Crippen LogP contribution is -2.10. The van der Waals surface area contributed by atoms with Crippen LogP contribution in [0.15, 0.2) is 36.4 Å². The first-order valence-corrected chi connectivity index (χ1v) is 5.68. The fraction of sp³-hybridized carbons (Fsp3) is 0.143. The number of hydrogen-bond donors (Lipinski definition) is 2. The number of phenolic OH excluding ortho intramolecular Hbond substituents is 1. The van der Waals surface area contributed by atoms with Crippen molar-refractivity contribution in [1.82, 2.24) is 0 Å². The molecule has 0 heterocycles. The van der Waals surface area contributed by atoms with Crippen LogP contribution < -0.4 is 0 Å². The van der Waals surface area contributed by atoms with E-state index in [0.29, 0.717) is 16.3 Å². The molecule has 98 valence electrons. The molecule has 2 aromatic carbocycles. The minimum Gasteiger partial charge on any atom is -0.508 e. The molecular formula is C14H12O5. The van der Waals surface area contributed by atoms with Crippen LogP contribution in [-0.4, -0.2) is 28.8 Å². The Morgan fingerprint density at radius 3 is 2.68 bits per heavy atom. The van der Waals surface area contributed by atoms with Gasteiger partial charge in [0.25, 0.3) is 0 Å². The quantitative estimate of drug-likeness (QED) is 0.823. The third-order valence-corrected chi connectivity index (χ3v) is 2.63. The molecule has 0 fully saturated rings. The normalized spacial score (nSPS) is 10.3. The van der Waals surface area contributed by atoms with Crippen molar-refractivity contribution in [2.45, 2.75) is 6.42 Å². The van der Waals surface area contributed by atoms with Crippen molar-refractivity contribution in [3.05, 3.63) is 42.0 Å². The van der Waals surface area contributed by atoms with Crippen molar-refractivity contribution >= 4 is 22.7 Å². The smallest absolute Gasteiger partial charge is 0.338 e. The molecule has 5 heteroatoms.